The normalized spacial score (nSPS) is 31.3. The zero-order chi connectivity index (χ0) is 13.5. The van der Waals surface area contributed by atoms with Crippen molar-refractivity contribution in [3.8, 4) is 0 Å². The molecule has 1 unspecified atom stereocenters. The fourth-order valence-electron chi connectivity index (χ4n) is 2.67. The van der Waals surface area contributed by atoms with E-state index in [1.165, 1.54) is 0 Å². The van der Waals surface area contributed by atoms with Crippen LogP contribution >= 0.6 is 0 Å². The van der Waals surface area contributed by atoms with Gasteiger partial charge in [-0.1, -0.05) is 0 Å². The van der Waals surface area contributed by atoms with Crippen LogP contribution in [0, 0.1) is 5.92 Å². The topological polar surface area (TPSA) is 73.6 Å². The number of ether oxygens (including phenoxy) is 2. The van der Waals surface area contributed by atoms with Crippen molar-refractivity contribution in [3.05, 3.63) is 0 Å². The van der Waals surface area contributed by atoms with Crippen molar-refractivity contribution in [3.63, 3.8) is 0 Å². The molecule has 0 aromatic heterocycles. The molecule has 5 heteroatoms. The van der Waals surface area contributed by atoms with E-state index in [-0.39, 0.29) is 11.8 Å². The zero-order valence-corrected chi connectivity index (χ0v) is 11.6. The first-order valence-electron chi connectivity index (χ1n) is 7.48. The summed E-state index contributed by atoms with van der Waals surface area (Å²) in [7, 11) is 0. The molecule has 3 N–H and O–H groups in total. The van der Waals surface area contributed by atoms with Gasteiger partial charge < -0.3 is 20.5 Å². The highest BCUT2D eigenvalue weighted by molar-refractivity contribution is 5.78. The van der Waals surface area contributed by atoms with E-state index in [9.17, 15) is 4.79 Å². The Morgan fingerprint density at radius 1 is 1.26 bits per heavy atom. The average molecular weight is 270 g/mol. The van der Waals surface area contributed by atoms with Crippen LogP contribution in [0.4, 0.5) is 0 Å². The lowest BCUT2D eigenvalue weighted by molar-refractivity contribution is -0.125. The molecule has 1 amide bonds. The van der Waals surface area contributed by atoms with E-state index >= 15 is 0 Å². The largest absolute Gasteiger partial charge is 0.381 e. The first-order valence-corrected chi connectivity index (χ1v) is 7.48. The summed E-state index contributed by atoms with van der Waals surface area (Å²) in [6.07, 6.45) is 6.40. The van der Waals surface area contributed by atoms with E-state index in [1.807, 2.05) is 0 Å². The fraction of sp³-hybridized carbons (Fsp3) is 0.929. The molecule has 0 spiro atoms. The Hall–Kier alpha value is -0.650. The highest BCUT2D eigenvalue weighted by atomic mass is 16.5. The number of amides is 1. The summed E-state index contributed by atoms with van der Waals surface area (Å²) in [5, 5.41) is 2.95. The fourth-order valence-corrected chi connectivity index (χ4v) is 2.67. The molecule has 1 saturated heterocycles. The van der Waals surface area contributed by atoms with Crippen LogP contribution in [0.3, 0.4) is 0 Å². The Morgan fingerprint density at radius 3 is 2.74 bits per heavy atom. The van der Waals surface area contributed by atoms with Crippen molar-refractivity contribution in [2.24, 2.45) is 11.7 Å². The number of nitrogens with two attached hydrogens (primary N) is 1. The standard InChI is InChI=1S/C14H26N2O3/c15-12-2-4-13(5-3-12)19-8-1-7-16-14(17)11-6-9-18-10-11/h11-13H,1-10,15H2,(H,16,17). The molecule has 2 fully saturated rings. The van der Waals surface area contributed by atoms with Gasteiger partial charge in [-0.25, -0.2) is 0 Å². The van der Waals surface area contributed by atoms with Crippen molar-refractivity contribution < 1.29 is 14.3 Å². The number of hydrogen-bond acceptors (Lipinski definition) is 4. The third-order valence-electron chi connectivity index (χ3n) is 3.99. The Bertz CT molecular complexity index is 272. The molecule has 2 aliphatic rings. The molecule has 0 radical (unpaired) electrons. The van der Waals surface area contributed by atoms with E-state index < -0.39 is 0 Å². The minimum Gasteiger partial charge on any atom is -0.381 e. The summed E-state index contributed by atoms with van der Waals surface area (Å²) < 4.78 is 11.0. The maximum atomic E-state index is 11.7. The van der Waals surface area contributed by atoms with Gasteiger partial charge >= 0.3 is 0 Å². The lowest BCUT2D eigenvalue weighted by atomic mass is 9.94. The Kier molecular flexibility index (Phi) is 6.07. The second-order valence-corrected chi connectivity index (χ2v) is 5.61. The summed E-state index contributed by atoms with van der Waals surface area (Å²) in [5.41, 5.74) is 5.85. The van der Waals surface area contributed by atoms with Gasteiger partial charge in [-0.3, -0.25) is 4.79 Å². The molecule has 1 atom stereocenters. The molecular formula is C14H26N2O3. The Labute approximate surface area is 115 Å². The average Bonchev–Trinajstić information content (AvgIpc) is 2.94. The van der Waals surface area contributed by atoms with Crippen LogP contribution in [0.2, 0.25) is 0 Å². The second kappa shape index (κ2) is 7.82. The third kappa shape index (κ3) is 5.09. The van der Waals surface area contributed by atoms with Crippen molar-refractivity contribution in [1.82, 2.24) is 5.32 Å². The van der Waals surface area contributed by atoms with Gasteiger partial charge in [-0.2, -0.15) is 0 Å². The van der Waals surface area contributed by atoms with Crippen molar-refractivity contribution in [2.45, 2.75) is 50.7 Å². The van der Waals surface area contributed by atoms with Crippen LogP contribution in [0.15, 0.2) is 0 Å². The van der Waals surface area contributed by atoms with E-state index in [0.717, 1.165) is 45.1 Å². The SMILES string of the molecule is NC1CCC(OCCCNC(=O)C2CCOC2)CC1. The summed E-state index contributed by atoms with van der Waals surface area (Å²) >= 11 is 0. The smallest absolute Gasteiger partial charge is 0.225 e. The van der Waals surface area contributed by atoms with Gasteiger partial charge in [0.2, 0.25) is 5.91 Å². The molecule has 0 aromatic rings. The molecule has 0 bridgehead atoms. The minimum atomic E-state index is 0.0563. The highest BCUT2D eigenvalue weighted by Gasteiger charge is 2.23. The first kappa shape index (κ1) is 14.8. The number of carbonyl (C=O) groups is 1. The van der Waals surface area contributed by atoms with Crippen LogP contribution in [0.1, 0.15) is 38.5 Å². The van der Waals surface area contributed by atoms with Gasteiger partial charge in [0.1, 0.15) is 0 Å². The predicted molar refractivity (Wildman–Crippen MR) is 72.7 cm³/mol. The van der Waals surface area contributed by atoms with Crippen molar-refractivity contribution in [1.29, 1.82) is 0 Å². The van der Waals surface area contributed by atoms with Gasteiger partial charge in [0.05, 0.1) is 18.6 Å². The van der Waals surface area contributed by atoms with Crippen LogP contribution in [0.25, 0.3) is 0 Å². The number of hydrogen-bond donors (Lipinski definition) is 2. The molecule has 2 rings (SSSR count). The van der Waals surface area contributed by atoms with E-state index in [4.69, 9.17) is 15.2 Å². The van der Waals surface area contributed by atoms with Crippen LogP contribution in [-0.2, 0) is 14.3 Å². The van der Waals surface area contributed by atoms with E-state index in [0.29, 0.717) is 31.9 Å². The Morgan fingerprint density at radius 2 is 2.05 bits per heavy atom. The van der Waals surface area contributed by atoms with Crippen molar-refractivity contribution >= 4 is 5.91 Å². The predicted octanol–water partition coefficient (Wildman–Crippen LogP) is 0.816. The summed E-state index contributed by atoms with van der Waals surface area (Å²) in [6, 6.07) is 0.368. The molecule has 1 aliphatic heterocycles. The van der Waals surface area contributed by atoms with Gasteiger partial charge in [0.25, 0.3) is 0 Å². The quantitative estimate of drug-likeness (QED) is 0.701. The molecule has 1 heterocycles. The first-order chi connectivity index (χ1) is 9.25. The second-order valence-electron chi connectivity index (χ2n) is 5.61. The van der Waals surface area contributed by atoms with Gasteiger partial charge in [-0.05, 0) is 38.5 Å². The molecule has 5 nitrogen and oxygen atoms in total. The molecule has 110 valence electrons. The molecule has 1 aliphatic carbocycles. The third-order valence-corrected chi connectivity index (χ3v) is 3.99. The number of nitrogens with one attached hydrogen (secondary N) is 1. The monoisotopic (exact) mass is 270 g/mol. The molecular weight excluding hydrogens is 244 g/mol. The van der Waals surface area contributed by atoms with E-state index in [1.54, 1.807) is 0 Å². The highest BCUT2D eigenvalue weighted by Crippen LogP contribution is 2.19. The van der Waals surface area contributed by atoms with E-state index in [2.05, 4.69) is 5.32 Å². The zero-order valence-electron chi connectivity index (χ0n) is 11.6. The number of rotatable bonds is 6. The van der Waals surface area contributed by atoms with Crippen molar-refractivity contribution in [2.75, 3.05) is 26.4 Å². The molecule has 1 saturated carbocycles. The maximum Gasteiger partial charge on any atom is 0.225 e. The number of carbonyl (C=O) groups excluding carboxylic acids is 1. The summed E-state index contributed by atoms with van der Waals surface area (Å²) in [4.78, 5) is 11.7. The Balaban J connectivity index is 1.46. The molecule has 0 aromatic carbocycles. The lowest BCUT2D eigenvalue weighted by Gasteiger charge is -2.26. The van der Waals surface area contributed by atoms with Gasteiger partial charge in [0, 0.05) is 25.8 Å². The minimum absolute atomic E-state index is 0.0563. The van der Waals surface area contributed by atoms with Crippen LogP contribution < -0.4 is 11.1 Å². The van der Waals surface area contributed by atoms with Crippen LogP contribution in [-0.4, -0.2) is 44.4 Å². The summed E-state index contributed by atoms with van der Waals surface area (Å²) in [6.45, 7) is 2.71. The van der Waals surface area contributed by atoms with Gasteiger partial charge in [-0.15, -0.1) is 0 Å². The van der Waals surface area contributed by atoms with Crippen LogP contribution in [0.5, 0.6) is 0 Å². The summed E-state index contributed by atoms with van der Waals surface area (Å²) in [5.74, 6) is 0.182. The van der Waals surface area contributed by atoms with Gasteiger partial charge in [0.15, 0.2) is 0 Å². The maximum absolute atomic E-state index is 11.7. The molecule has 19 heavy (non-hydrogen) atoms. The lowest BCUT2D eigenvalue weighted by Crippen LogP contribution is -2.33.